The number of Topliss-reactive ketones (excluding diaryl/α,β-unsaturated/α-hetero) is 1. The largest absolute Gasteiger partial charge is 0.488 e. The number of allylic oxidation sites excluding steroid dienone is 1. The molecule has 0 aromatic heterocycles. The molecule has 0 amide bonds. The fourth-order valence-electron chi connectivity index (χ4n) is 2.31. The molecule has 5 nitrogen and oxygen atoms in total. The van der Waals surface area contributed by atoms with Crippen molar-refractivity contribution in [2.45, 2.75) is 46.6 Å². The number of rotatable bonds is 8. The Morgan fingerprint density at radius 1 is 1.20 bits per heavy atom. The van der Waals surface area contributed by atoms with Crippen LogP contribution in [0.25, 0.3) is 0 Å². The van der Waals surface area contributed by atoms with E-state index in [9.17, 15) is 9.70 Å². The summed E-state index contributed by atoms with van der Waals surface area (Å²) >= 11 is 0. The minimum absolute atomic E-state index is 0.106. The lowest BCUT2D eigenvalue weighted by Gasteiger charge is -2.17. The Kier molecular flexibility index (Phi) is 6.33. The van der Waals surface area contributed by atoms with Crippen LogP contribution in [0.15, 0.2) is 16.6 Å². The Morgan fingerprint density at radius 3 is 2.30 bits per heavy atom. The molecule has 0 aromatic rings. The number of hydrogen-bond donors (Lipinski definition) is 0. The van der Waals surface area contributed by atoms with Gasteiger partial charge in [-0.3, -0.25) is 4.79 Å². The van der Waals surface area contributed by atoms with E-state index in [-0.39, 0.29) is 29.1 Å². The van der Waals surface area contributed by atoms with Gasteiger partial charge in [0.25, 0.3) is 0 Å². The molecule has 0 spiro atoms. The second-order valence-corrected chi connectivity index (χ2v) is 6.11. The number of nitroso groups, excluding NO2 is 1. The molecule has 0 saturated heterocycles. The molecule has 0 aromatic carbocycles. The highest BCUT2D eigenvalue weighted by Crippen LogP contribution is 2.36. The molecule has 2 unspecified atom stereocenters. The molecule has 0 radical (unpaired) electrons. The van der Waals surface area contributed by atoms with Crippen molar-refractivity contribution < 1.29 is 14.3 Å². The lowest BCUT2D eigenvalue weighted by Crippen LogP contribution is -2.25. The first-order valence-corrected chi connectivity index (χ1v) is 7.19. The molecule has 5 heteroatoms. The fraction of sp³-hybridized carbons (Fsp3) is 0.800. The molecular weight excluding hydrogens is 258 g/mol. The molecule has 0 bridgehead atoms. The highest BCUT2D eigenvalue weighted by Gasteiger charge is 2.44. The molecule has 0 aliphatic heterocycles. The van der Waals surface area contributed by atoms with E-state index >= 15 is 0 Å². The van der Waals surface area contributed by atoms with Crippen LogP contribution in [0.4, 0.5) is 0 Å². The molecule has 0 saturated carbocycles. The van der Waals surface area contributed by atoms with E-state index < -0.39 is 6.10 Å². The van der Waals surface area contributed by atoms with E-state index in [2.05, 4.69) is 19.0 Å². The molecule has 114 valence electrons. The van der Waals surface area contributed by atoms with Gasteiger partial charge in [-0.05, 0) is 23.4 Å². The Balaban J connectivity index is 2.89. The molecular formula is C15H25NO4. The Bertz CT molecular complexity index is 387. The molecule has 20 heavy (non-hydrogen) atoms. The third kappa shape index (κ3) is 3.88. The van der Waals surface area contributed by atoms with Crippen LogP contribution in [0.5, 0.6) is 0 Å². The summed E-state index contributed by atoms with van der Waals surface area (Å²) in [5.41, 5.74) is 0.118. The number of ketones is 1. The highest BCUT2D eigenvalue weighted by molar-refractivity contribution is 5.99. The Hall–Kier alpha value is -1.23. The Labute approximate surface area is 120 Å². The second kappa shape index (κ2) is 7.53. The lowest BCUT2D eigenvalue weighted by molar-refractivity contribution is -0.124. The summed E-state index contributed by atoms with van der Waals surface area (Å²) in [7, 11) is 1.50. The third-order valence-electron chi connectivity index (χ3n) is 3.40. The van der Waals surface area contributed by atoms with E-state index in [1.165, 1.54) is 7.11 Å². The van der Waals surface area contributed by atoms with E-state index in [0.29, 0.717) is 18.9 Å². The number of methoxy groups -OCH3 is 1. The summed E-state index contributed by atoms with van der Waals surface area (Å²) in [6, 6.07) is 0. The van der Waals surface area contributed by atoms with Crippen molar-refractivity contribution in [3.63, 3.8) is 0 Å². The van der Waals surface area contributed by atoms with Gasteiger partial charge in [0, 0.05) is 7.11 Å². The van der Waals surface area contributed by atoms with Crippen molar-refractivity contribution in [3.05, 3.63) is 16.4 Å². The molecule has 2 atom stereocenters. The number of ether oxygens (including phenoxy) is 2. The minimum Gasteiger partial charge on any atom is -0.488 e. The fourth-order valence-corrected chi connectivity index (χ4v) is 2.31. The first-order chi connectivity index (χ1) is 9.42. The van der Waals surface area contributed by atoms with Gasteiger partial charge in [-0.2, -0.15) is 0 Å². The topological polar surface area (TPSA) is 65.0 Å². The highest BCUT2D eigenvalue weighted by atomic mass is 16.5. The minimum atomic E-state index is -0.569. The van der Waals surface area contributed by atoms with Crippen LogP contribution in [-0.2, 0) is 14.3 Å². The Morgan fingerprint density at radius 2 is 1.85 bits per heavy atom. The zero-order valence-corrected chi connectivity index (χ0v) is 13.0. The van der Waals surface area contributed by atoms with Crippen LogP contribution in [0.2, 0.25) is 0 Å². The zero-order valence-electron chi connectivity index (χ0n) is 13.0. The van der Waals surface area contributed by atoms with Gasteiger partial charge in [0.05, 0.1) is 12.5 Å². The van der Waals surface area contributed by atoms with Crippen molar-refractivity contribution >= 4 is 5.78 Å². The van der Waals surface area contributed by atoms with E-state index in [1.807, 2.05) is 13.8 Å². The third-order valence-corrected chi connectivity index (χ3v) is 3.40. The van der Waals surface area contributed by atoms with Gasteiger partial charge in [-0.1, -0.05) is 34.1 Å². The number of carbonyl (C=O) groups excluding carboxylic acids is 1. The summed E-state index contributed by atoms with van der Waals surface area (Å²) in [5.74, 6) is 0.381. The van der Waals surface area contributed by atoms with Crippen LogP contribution >= 0.6 is 0 Å². The molecule has 0 heterocycles. The lowest BCUT2D eigenvalue weighted by atomic mass is 9.93. The summed E-state index contributed by atoms with van der Waals surface area (Å²) in [6.07, 6.45) is 1.02. The van der Waals surface area contributed by atoms with Crippen LogP contribution in [0.1, 0.15) is 40.5 Å². The molecule has 0 N–H and O–H groups in total. The zero-order chi connectivity index (χ0) is 15.3. The van der Waals surface area contributed by atoms with Gasteiger partial charge in [0.1, 0.15) is 6.10 Å². The van der Waals surface area contributed by atoms with E-state index in [1.54, 1.807) is 0 Å². The molecule has 1 rings (SSSR count). The van der Waals surface area contributed by atoms with Gasteiger partial charge < -0.3 is 9.47 Å². The first-order valence-electron chi connectivity index (χ1n) is 7.19. The van der Waals surface area contributed by atoms with Crippen LogP contribution in [0.3, 0.4) is 0 Å². The number of nitrogens with zero attached hydrogens (tertiary/aromatic N) is 1. The first kappa shape index (κ1) is 16.8. The van der Waals surface area contributed by atoms with Crippen LogP contribution in [-0.4, -0.2) is 25.6 Å². The van der Waals surface area contributed by atoms with Crippen molar-refractivity contribution in [3.8, 4) is 0 Å². The second-order valence-electron chi connectivity index (χ2n) is 6.11. The standard InChI is InChI=1S/C15H25NO4/c1-9(2)6-7-11-13(17)15(20-8-10(3)4)12(16-18)14(11)19-5/h9-11,14H,6-8H2,1-5H3. The van der Waals surface area contributed by atoms with Gasteiger partial charge in [-0.25, -0.2) is 0 Å². The van der Waals surface area contributed by atoms with Gasteiger partial charge in [-0.15, -0.1) is 4.91 Å². The number of hydrogen-bond acceptors (Lipinski definition) is 5. The quantitative estimate of drug-likeness (QED) is 0.641. The summed E-state index contributed by atoms with van der Waals surface area (Å²) < 4.78 is 10.8. The van der Waals surface area contributed by atoms with Crippen molar-refractivity contribution in [1.82, 2.24) is 0 Å². The van der Waals surface area contributed by atoms with Crippen molar-refractivity contribution in [2.75, 3.05) is 13.7 Å². The van der Waals surface area contributed by atoms with Gasteiger partial charge in [0.15, 0.2) is 11.5 Å². The maximum atomic E-state index is 12.4. The van der Waals surface area contributed by atoms with Gasteiger partial charge >= 0.3 is 0 Å². The maximum Gasteiger partial charge on any atom is 0.205 e. The molecule has 1 aliphatic rings. The van der Waals surface area contributed by atoms with Crippen molar-refractivity contribution in [2.24, 2.45) is 22.9 Å². The smallest absolute Gasteiger partial charge is 0.205 e. The van der Waals surface area contributed by atoms with Crippen molar-refractivity contribution in [1.29, 1.82) is 0 Å². The van der Waals surface area contributed by atoms with Crippen LogP contribution < -0.4 is 0 Å². The summed E-state index contributed by atoms with van der Waals surface area (Å²) in [6.45, 7) is 8.57. The molecule has 0 fully saturated rings. The van der Waals surface area contributed by atoms with Crippen LogP contribution in [0, 0.1) is 22.7 Å². The monoisotopic (exact) mass is 283 g/mol. The average Bonchev–Trinajstić information content (AvgIpc) is 2.65. The predicted molar refractivity (Wildman–Crippen MR) is 77.0 cm³/mol. The summed E-state index contributed by atoms with van der Waals surface area (Å²) in [5, 5.41) is 2.99. The summed E-state index contributed by atoms with van der Waals surface area (Å²) in [4.78, 5) is 23.4. The van der Waals surface area contributed by atoms with E-state index in [4.69, 9.17) is 9.47 Å². The average molecular weight is 283 g/mol. The van der Waals surface area contributed by atoms with E-state index in [0.717, 1.165) is 6.42 Å². The maximum absolute atomic E-state index is 12.4. The molecule has 1 aliphatic carbocycles. The number of carbonyl (C=O) groups is 1. The van der Waals surface area contributed by atoms with Gasteiger partial charge in [0.2, 0.25) is 5.78 Å². The predicted octanol–water partition coefficient (Wildman–Crippen LogP) is 3.29. The normalized spacial score (nSPS) is 23.1. The SMILES string of the molecule is COC1C(N=O)=C(OCC(C)C)C(=O)C1CCC(C)C.